The highest BCUT2D eigenvalue weighted by molar-refractivity contribution is 5.77. The first-order chi connectivity index (χ1) is 17.5. The molecule has 2 aromatic carbocycles. The van der Waals surface area contributed by atoms with Crippen molar-refractivity contribution in [1.29, 1.82) is 0 Å². The lowest BCUT2D eigenvalue weighted by Crippen LogP contribution is -2.32. The van der Waals surface area contributed by atoms with E-state index in [-0.39, 0.29) is 33.4 Å². The number of hydrogen-bond donors (Lipinski definition) is 0. The van der Waals surface area contributed by atoms with Crippen molar-refractivity contribution < 1.29 is 19.6 Å². The van der Waals surface area contributed by atoms with Crippen molar-refractivity contribution in [1.82, 2.24) is 0 Å². The van der Waals surface area contributed by atoms with Gasteiger partial charge in [-0.1, -0.05) is 51.1 Å². The van der Waals surface area contributed by atoms with E-state index in [1.165, 1.54) is 24.4 Å². The molecule has 0 aliphatic heterocycles. The molecule has 0 amide bonds. The Bertz CT molecular complexity index is 1390. The average Bonchev–Trinajstić information content (AvgIpc) is 2.76. The minimum atomic E-state index is -2.58. The summed E-state index contributed by atoms with van der Waals surface area (Å²) in [7, 11) is 1.65. The number of nitrogens with zero attached hydrogens (tertiary/aromatic N) is 1. The van der Waals surface area contributed by atoms with Gasteiger partial charge in [-0.15, -0.1) is 0 Å². The third kappa shape index (κ3) is 4.19. The lowest BCUT2D eigenvalue weighted by atomic mass is 9.85. The van der Waals surface area contributed by atoms with E-state index in [4.69, 9.17) is 15.1 Å². The standard InChI is InChI=1S/C27H34N/c1-18-11-9-10-12-23(18)24-15-25(20(3)13-19(24)2)26-14-22(16-27(5,6)7)21(4)17-28(26)8/h9-15,17H,16H2,1-8H3/q+1/i1D3,2D3,4D3,16D2. The second-order valence-electron chi connectivity index (χ2n) is 8.23. The van der Waals surface area contributed by atoms with E-state index >= 15 is 0 Å². The average molecular weight is 384 g/mol. The molecule has 146 valence electrons. The van der Waals surface area contributed by atoms with Crippen LogP contribution in [0.4, 0.5) is 0 Å². The van der Waals surface area contributed by atoms with Crippen molar-refractivity contribution in [3.05, 3.63) is 76.5 Å². The quantitative estimate of drug-likeness (QED) is 0.445. The Morgan fingerprint density at radius 2 is 1.57 bits per heavy atom. The molecule has 0 unspecified atom stereocenters. The van der Waals surface area contributed by atoms with Crippen molar-refractivity contribution in [3.8, 4) is 22.4 Å². The molecule has 0 spiro atoms. The summed E-state index contributed by atoms with van der Waals surface area (Å²) in [5.41, 5.74) is 1.02. The third-order valence-corrected chi connectivity index (χ3v) is 4.64. The van der Waals surface area contributed by atoms with Gasteiger partial charge in [0.1, 0.15) is 7.05 Å². The molecular formula is C27H34N+. The second-order valence-corrected chi connectivity index (χ2v) is 8.23. The fourth-order valence-corrected chi connectivity index (χ4v) is 3.35. The molecule has 0 saturated carbocycles. The monoisotopic (exact) mass is 383 g/mol. The molecule has 1 nitrogen and oxygen atoms in total. The molecule has 0 saturated heterocycles. The molecule has 1 heterocycles. The van der Waals surface area contributed by atoms with Crippen LogP contribution in [0.5, 0.6) is 0 Å². The molecule has 0 aliphatic rings. The molecule has 1 heteroatoms. The van der Waals surface area contributed by atoms with Gasteiger partial charge in [-0.25, -0.2) is 4.57 Å². The summed E-state index contributed by atoms with van der Waals surface area (Å²) in [4.78, 5) is 0. The number of benzene rings is 2. The number of hydrogen-bond acceptors (Lipinski definition) is 0. The van der Waals surface area contributed by atoms with Gasteiger partial charge in [-0.2, -0.15) is 0 Å². The van der Waals surface area contributed by atoms with Crippen molar-refractivity contribution in [2.24, 2.45) is 12.5 Å². The minimum absolute atomic E-state index is 0.00698. The van der Waals surface area contributed by atoms with Gasteiger partial charge in [0.2, 0.25) is 5.69 Å². The first kappa shape index (κ1) is 10.4. The molecule has 3 rings (SSSR count). The van der Waals surface area contributed by atoms with Crippen molar-refractivity contribution >= 4 is 0 Å². The van der Waals surface area contributed by atoms with Gasteiger partial charge in [0.05, 0.1) is 0 Å². The van der Waals surface area contributed by atoms with E-state index in [1.54, 1.807) is 63.6 Å². The summed E-state index contributed by atoms with van der Waals surface area (Å²) in [5.74, 6) is 0. The highest BCUT2D eigenvalue weighted by atomic mass is 14.9. The fourth-order valence-electron chi connectivity index (χ4n) is 3.35. The first-order valence-corrected chi connectivity index (χ1v) is 9.28. The molecule has 0 aliphatic carbocycles. The SMILES string of the molecule is [2H]C([2H])([2H])c1ccccc1-c1cc(-c2cc(C([2H])([2H])C(C)(C)C)c(C([2H])([2H])[2H])c[n+]2C)c(C)cc1C([2H])([2H])[2H]. The van der Waals surface area contributed by atoms with Gasteiger partial charge in [0.25, 0.3) is 0 Å². The zero-order valence-corrected chi connectivity index (χ0v) is 17.1. The normalized spacial score (nSPS) is 19.4. The molecule has 0 bridgehead atoms. The maximum Gasteiger partial charge on any atom is 0.212 e. The lowest BCUT2D eigenvalue weighted by molar-refractivity contribution is -0.660. The van der Waals surface area contributed by atoms with Crippen LogP contribution in [0.2, 0.25) is 0 Å². The van der Waals surface area contributed by atoms with Crippen LogP contribution >= 0.6 is 0 Å². The largest absolute Gasteiger partial charge is 0.212 e. The predicted octanol–water partition coefficient (Wildman–Crippen LogP) is 6.67. The Morgan fingerprint density at radius 1 is 0.857 bits per heavy atom. The molecule has 28 heavy (non-hydrogen) atoms. The maximum absolute atomic E-state index is 8.88. The third-order valence-electron chi connectivity index (χ3n) is 4.64. The van der Waals surface area contributed by atoms with Gasteiger partial charge >= 0.3 is 0 Å². The van der Waals surface area contributed by atoms with E-state index in [0.717, 1.165) is 0 Å². The van der Waals surface area contributed by atoms with Crippen LogP contribution in [0.25, 0.3) is 22.4 Å². The Labute approximate surface area is 186 Å². The zero-order chi connectivity index (χ0) is 29.9. The van der Waals surface area contributed by atoms with Crippen LogP contribution in [-0.4, -0.2) is 0 Å². The highest BCUT2D eigenvalue weighted by Gasteiger charge is 2.21. The van der Waals surface area contributed by atoms with E-state index in [1.807, 2.05) is 0 Å². The van der Waals surface area contributed by atoms with Crippen LogP contribution < -0.4 is 4.57 Å². The summed E-state index contributed by atoms with van der Waals surface area (Å²) < 4.78 is 92.1. The first-order valence-electron chi connectivity index (χ1n) is 14.8. The van der Waals surface area contributed by atoms with Crippen LogP contribution in [0.1, 0.15) is 63.7 Å². The molecule has 0 N–H and O–H groups in total. The van der Waals surface area contributed by atoms with E-state index in [2.05, 4.69) is 0 Å². The summed E-state index contributed by atoms with van der Waals surface area (Å²) in [6.45, 7) is -0.790. The van der Waals surface area contributed by atoms with E-state index in [0.29, 0.717) is 16.8 Å². The summed E-state index contributed by atoms with van der Waals surface area (Å²) in [6, 6.07) is 10.9. The number of pyridine rings is 1. The molecule has 1 aromatic heterocycles. The Morgan fingerprint density at radius 3 is 2.25 bits per heavy atom. The van der Waals surface area contributed by atoms with Gasteiger partial charge in [0.15, 0.2) is 6.20 Å². The van der Waals surface area contributed by atoms with Crippen molar-refractivity contribution in [2.45, 2.75) is 54.6 Å². The lowest BCUT2D eigenvalue weighted by Gasteiger charge is -2.20. The number of rotatable bonds is 3. The Kier molecular flexibility index (Phi) is 2.80. The van der Waals surface area contributed by atoms with Crippen LogP contribution in [0.3, 0.4) is 0 Å². The number of aromatic nitrogens is 1. The van der Waals surface area contributed by atoms with Crippen LogP contribution in [0.15, 0.2) is 48.7 Å². The fraction of sp³-hybridized carbons (Fsp3) is 0.370. The summed E-state index contributed by atoms with van der Waals surface area (Å²) in [5, 5.41) is 0. The molecule has 0 fully saturated rings. The smallest absolute Gasteiger partial charge is 0.201 e. The maximum atomic E-state index is 8.88. The van der Waals surface area contributed by atoms with E-state index < -0.39 is 32.3 Å². The molecule has 0 atom stereocenters. The summed E-state index contributed by atoms with van der Waals surface area (Å²) in [6.07, 6.45) is -0.628. The Balaban J connectivity index is 2.47. The Hall–Kier alpha value is -2.41. The highest BCUT2D eigenvalue weighted by Crippen LogP contribution is 2.33. The second kappa shape index (κ2) is 7.54. The minimum Gasteiger partial charge on any atom is -0.201 e. The predicted molar refractivity (Wildman–Crippen MR) is 121 cm³/mol. The topological polar surface area (TPSA) is 3.88 Å². The molecule has 3 aromatic rings. The van der Waals surface area contributed by atoms with Gasteiger partial charge < -0.3 is 0 Å². The van der Waals surface area contributed by atoms with Gasteiger partial charge in [-0.05, 0) is 78.7 Å². The molecular weight excluding hydrogens is 338 g/mol. The van der Waals surface area contributed by atoms with Crippen LogP contribution in [0, 0.1) is 32.9 Å². The van der Waals surface area contributed by atoms with Gasteiger partial charge in [0, 0.05) is 32.3 Å². The van der Waals surface area contributed by atoms with E-state index in [9.17, 15) is 0 Å². The van der Waals surface area contributed by atoms with Crippen molar-refractivity contribution in [2.75, 3.05) is 0 Å². The number of aryl methyl sites for hydroxylation is 5. The molecule has 0 radical (unpaired) electrons. The summed E-state index contributed by atoms with van der Waals surface area (Å²) >= 11 is 0. The van der Waals surface area contributed by atoms with Gasteiger partial charge in [-0.3, -0.25) is 0 Å². The zero-order valence-electron chi connectivity index (χ0n) is 28.1. The van der Waals surface area contributed by atoms with Crippen molar-refractivity contribution in [3.63, 3.8) is 0 Å². The van der Waals surface area contributed by atoms with Crippen LogP contribution in [-0.2, 0) is 13.4 Å².